The molecule has 1 saturated heterocycles. The lowest BCUT2D eigenvalue weighted by Gasteiger charge is -2.32. The van der Waals surface area contributed by atoms with E-state index in [-0.39, 0.29) is 0 Å². The Hall–Kier alpha value is -0.0800. The fourth-order valence-corrected chi connectivity index (χ4v) is 1.79. The third kappa shape index (κ3) is 4.10. The lowest BCUT2D eigenvalue weighted by molar-refractivity contribution is 0.0927. The Morgan fingerprint density at radius 3 is 2.69 bits per heavy atom. The van der Waals surface area contributed by atoms with Crippen molar-refractivity contribution in [2.75, 3.05) is 26.3 Å². The average molecular weight is 185 g/mol. The smallest absolute Gasteiger partial charge is 0.0619 e. The van der Waals surface area contributed by atoms with Crippen molar-refractivity contribution >= 4 is 0 Å². The number of hydrogen-bond donors (Lipinski definition) is 0. The highest BCUT2D eigenvalue weighted by atomic mass is 16.5. The summed E-state index contributed by atoms with van der Waals surface area (Å²) in [6.45, 7) is 13.4. The summed E-state index contributed by atoms with van der Waals surface area (Å²) in [5.41, 5.74) is 0.401. The van der Waals surface area contributed by atoms with Crippen LogP contribution >= 0.6 is 0 Å². The van der Waals surface area contributed by atoms with Crippen LogP contribution in [-0.4, -0.2) is 37.2 Å². The van der Waals surface area contributed by atoms with Crippen molar-refractivity contribution in [3.8, 4) is 0 Å². The predicted octanol–water partition coefficient (Wildman–Crippen LogP) is 2.14. The Labute approximate surface area is 82.3 Å². The first-order valence-corrected chi connectivity index (χ1v) is 5.31. The zero-order valence-corrected chi connectivity index (χ0v) is 9.47. The van der Waals surface area contributed by atoms with Crippen LogP contribution in [0.25, 0.3) is 0 Å². The molecular formula is C11H23NO. The number of hydrogen-bond acceptors (Lipinski definition) is 2. The number of ether oxygens (including phenoxy) is 1. The molecule has 13 heavy (non-hydrogen) atoms. The van der Waals surface area contributed by atoms with Crippen LogP contribution in [0, 0.1) is 5.41 Å². The summed E-state index contributed by atoms with van der Waals surface area (Å²) in [5.74, 6) is 0. The van der Waals surface area contributed by atoms with Gasteiger partial charge in [-0.1, -0.05) is 20.8 Å². The molecule has 1 aliphatic rings. The van der Waals surface area contributed by atoms with Crippen LogP contribution in [-0.2, 0) is 4.74 Å². The molecule has 0 aliphatic carbocycles. The summed E-state index contributed by atoms with van der Waals surface area (Å²) in [6.07, 6.45) is 1.18. The van der Waals surface area contributed by atoms with E-state index in [1.54, 1.807) is 0 Å². The average Bonchev–Trinajstić information content (AvgIpc) is 2.14. The van der Waals surface area contributed by atoms with Crippen LogP contribution in [0.4, 0.5) is 0 Å². The molecule has 0 saturated carbocycles. The summed E-state index contributed by atoms with van der Waals surface area (Å²) in [4.78, 5) is 2.55. The molecule has 0 aromatic heterocycles. The molecule has 1 unspecified atom stereocenters. The molecule has 0 aromatic carbocycles. The maximum absolute atomic E-state index is 5.51. The zero-order valence-electron chi connectivity index (χ0n) is 9.47. The van der Waals surface area contributed by atoms with E-state index in [1.165, 1.54) is 19.5 Å². The normalized spacial score (nSPS) is 27.2. The Morgan fingerprint density at radius 2 is 2.08 bits per heavy atom. The molecular weight excluding hydrogens is 162 g/mol. The van der Waals surface area contributed by atoms with Crippen LogP contribution in [0.3, 0.4) is 0 Å². The van der Waals surface area contributed by atoms with Gasteiger partial charge < -0.3 is 4.74 Å². The first-order chi connectivity index (χ1) is 5.99. The first-order valence-electron chi connectivity index (χ1n) is 5.31. The van der Waals surface area contributed by atoms with Gasteiger partial charge in [-0.25, -0.2) is 0 Å². The van der Waals surface area contributed by atoms with E-state index < -0.39 is 0 Å². The molecule has 1 rings (SSSR count). The van der Waals surface area contributed by atoms with Crippen LogP contribution < -0.4 is 0 Å². The van der Waals surface area contributed by atoms with Crippen LogP contribution in [0.1, 0.15) is 34.1 Å². The van der Waals surface area contributed by atoms with Gasteiger partial charge in [-0.15, -0.1) is 0 Å². The summed E-state index contributed by atoms with van der Waals surface area (Å²) in [6, 6.07) is 0.585. The Kier molecular flexibility index (Phi) is 3.74. The third-order valence-corrected chi connectivity index (χ3v) is 2.39. The fourth-order valence-electron chi connectivity index (χ4n) is 1.79. The second-order valence-electron chi connectivity index (χ2n) is 5.31. The second kappa shape index (κ2) is 4.43. The van der Waals surface area contributed by atoms with Crippen LogP contribution in [0.2, 0.25) is 0 Å². The minimum Gasteiger partial charge on any atom is -0.380 e. The van der Waals surface area contributed by atoms with Gasteiger partial charge in [-0.3, -0.25) is 4.90 Å². The fraction of sp³-hybridized carbons (Fsp3) is 1.00. The molecule has 1 fully saturated rings. The van der Waals surface area contributed by atoms with Gasteiger partial charge in [0.25, 0.3) is 0 Å². The van der Waals surface area contributed by atoms with E-state index in [0.717, 1.165) is 13.2 Å². The SMILES string of the molecule is CC1COCCCN1CC(C)(C)C. The van der Waals surface area contributed by atoms with E-state index in [4.69, 9.17) is 4.74 Å². The third-order valence-electron chi connectivity index (χ3n) is 2.39. The summed E-state index contributed by atoms with van der Waals surface area (Å²) < 4.78 is 5.51. The van der Waals surface area contributed by atoms with Crippen molar-refractivity contribution in [2.24, 2.45) is 5.41 Å². The molecule has 1 heterocycles. The van der Waals surface area contributed by atoms with E-state index in [0.29, 0.717) is 11.5 Å². The molecule has 0 radical (unpaired) electrons. The van der Waals surface area contributed by atoms with E-state index in [1.807, 2.05) is 0 Å². The molecule has 0 amide bonds. The van der Waals surface area contributed by atoms with Gasteiger partial charge in [-0.05, 0) is 18.8 Å². The van der Waals surface area contributed by atoms with Gasteiger partial charge in [0.05, 0.1) is 6.61 Å². The van der Waals surface area contributed by atoms with E-state index in [9.17, 15) is 0 Å². The summed E-state index contributed by atoms with van der Waals surface area (Å²) >= 11 is 0. The summed E-state index contributed by atoms with van der Waals surface area (Å²) in [5, 5.41) is 0. The lowest BCUT2D eigenvalue weighted by atomic mass is 9.95. The van der Waals surface area contributed by atoms with Crippen LogP contribution in [0.15, 0.2) is 0 Å². The molecule has 2 nitrogen and oxygen atoms in total. The second-order valence-corrected chi connectivity index (χ2v) is 5.31. The maximum Gasteiger partial charge on any atom is 0.0619 e. The maximum atomic E-state index is 5.51. The quantitative estimate of drug-likeness (QED) is 0.620. The minimum atomic E-state index is 0.401. The van der Waals surface area contributed by atoms with Gasteiger partial charge in [0.15, 0.2) is 0 Å². The van der Waals surface area contributed by atoms with Gasteiger partial charge in [0.2, 0.25) is 0 Å². The Balaban J connectivity index is 2.45. The molecule has 0 N–H and O–H groups in total. The molecule has 2 heteroatoms. The zero-order chi connectivity index (χ0) is 9.90. The van der Waals surface area contributed by atoms with E-state index in [2.05, 4.69) is 32.6 Å². The molecule has 0 spiro atoms. The van der Waals surface area contributed by atoms with Crippen molar-refractivity contribution in [3.63, 3.8) is 0 Å². The van der Waals surface area contributed by atoms with Crippen molar-refractivity contribution in [2.45, 2.75) is 40.2 Å². The topological polar surface area (TPSA) is 12.5 Å². The van der Waals surface area contributed by atoms with Gasteiger partial charge in [0.1, 0.15) is 0 Å². The van der Waals surface area contributed by atoms with E-state index >= 15 is 0 Å². The Morgan fingerprint density at radius 1 is 1.38 bits per heavy atom. The minimum absolute atomic E-state index is 0.401. The highest BCUT2D eigenvalue weighted by molar-refractivity contribution is 4.75. The largest absolute Gasteiger partial charge is 0.380 e. The van der Waals surface area contributed by atoms with Gasteiger partial charge >= 0.3 is 0 Å². The number of rotatable bonds is 1. The lowest BCUT2D eigenvalue weighted by Crippen LogP contribution is -2.40. The molecule has 0 aromatic rings. The number of nitrogens with zero attached hydrogens (tertiary/aromatic N) is 1. The molecule has 78 valence electrons. The molecule has 1 aliphatic heterocycles. The van der Waals surface area contributed by atoms with Crippen molar-refractivity contribution in [3.05, 3.63) is 0 Å². The Bertz CT molecular complexity index is 151. The monoisotopic (exact) mass is 185 g/mol. The van der Waals surface area contributed by atoms with Gasteiger partial charge in [-0.2, -0.15) is 0 Å². The summed E-state index contributed by atoms with van der Waals surface area (Å²) in [7, 11) is 0. The van der Waals surface area contributed by atoms with Crippen molar-refractivity contribution in [1.29, 1.82) is 0 Å². The highest BCUT2D eigenvalue weighted by Gasteiger charge is 2.22. The van der Waals surface area contributed by atoms with Crippen LogP contribution in [0.5, 0.6) is 0 Å². The first kappa shape index (κ1) is 11.0. The van der Waals surface area contributed by atoms with Crippen molar-refractivity contribution in [1.82, 2.24) is 4.90 Å². The molecule has 1 atom stereocenters. The van der Waals surface area contributed by atoms with Crippen molar-refractivity contribution < 1.29 is 4.74 Å². The molecule has 0 bridgehead atoms. The highest BCUT2D eigenvalue weighted by Crippen LogP contribution is 2.18. The standard InChI is InChI=1S/C11H23NO/c1-10-8-13-7-5-6-12(10)9-11(2,3)4/h10H,5-9H2,1-4H3. The predicted molar refractivity (Wildman–Crippen MR) is 55.9 cm³/mol. The van der Waals surface area contributed by atoms with Gasteiger partial charge in [0, 0.05) is 25.7 Å².